The second kappa shape index (κ2) is 5.65. The Morgan fingerprint density at radius 3 is 2.83 bits per heavy atom. The molecule has 0 bridgehead atoms. The van der Waals surface area contributed by atoms with Crippen LogP contribution in [0.15, 0.2) is 35.0 Å². The average molecular weight is 391 g/mol. The number of carbonyl (C=O) groups excluding carboxylic acids is 1. The molecule has 0 atom stereocenters. The van der Waals surface area contributed by atoms with Gasteiger partial charge in [0.2, 0.25) is 0 Å². The number of hydrogen-bond acceptors (Lipinski definition) is 7. The van der Waals surface area contributed by atoms with Crippen molar-refractivity contribution in [2.24, 2.45) is 0 Å². The Morgan fingerprint density at radius 1 is 1.46 bits per heavy atom. The summed E-state index contributed by atoms with van der Waals surface area (Å²) in [6.45, 7) is -3.30. The molecule has 0 saturated heterocycles. The zero-order chi connectivity index (χ0) is 20.1. The van der Waals surface area contributed by atoms with Gasteiger partial charge in [0.05, 0.1) is 15.4 Å². The molecule has 2 aromatic rings. The number of aromatic hydroxyl groups is 1. The third kappa shape index (κ3) is 2.58. The van der Waals surface area contributed by atoms with Crippen LogP contribution in [-0.2, 0) is 14.8 Å². The minimum Gasteiger partial charge on any atom is -0.506 e. The summed E-state index contributed by atoms with van der Waals surface area (Å²) in [5.74, 6) is -2.35. The Hall–Kier alpha value is -2.30. The van der Waals surface area contributed by atoms with E-state index < -0.39 is 39.3 Å². The zero-order valence-electron chi connectivity index (χ0n) is 14.5. The van der Waals surface area contributed by atoms with Crippen molar-refractivity contribution in [1.82, 2.24) is 9.29 Å². The SMILES string of the molecule is [2H]C([2H])([2H])N1C(C(=O)Nc2ccc(O)cn2)=C(O)c2sc(Cl)cc2S1(=O)=O. The number of aliphatic hydroxyl groups excluding tert-OH is 1. The monoisotopic (exact) mass is 390 g/mol. The number of nitrogens with one attached hydrogen (secondary N) is 1. The molecule has 126 valence electrons. The van der Waals surface area contributed by atoms with E-state index >= 15 is 0 Å². The van der Waals surface area contributed by atoms with Crippen LogP contribution in [0.25, 0.3) is 5.76 Å². The highest BCUT2D eigenvalue weighted by atomic mass is 35.5. The fourth-order valence-corrected chi connectivity index (χ4v) is 4.81. The standard InChI is InChI=1S/C13H10ClN3O5S2/c1-17-10(13(20)16-9-3-2-6(18)5-15-9)11(19)12-7(24(17,21)22)4-8(14)23-12/h2-5,18-19H,1H3,(H,15,16,20)/i1D3. The second-order valence-corrected chi connectivity index (χ2v) is 8.00. The number of halogens is 1. The molecular weight excluding hydrogens is 378 g/mol. The van der Waals surface area contributed by atoms with Gasteiger partial charge in [-0.05, 0) is 18.2 Å². The molecule has 0 radical (unpaired) electrons. The molecule has 1 amide bonds. The first-order chi connectivity index (χ1) is 12.4. The number of amides is 1. The number of nitrogens with zero attached hydrogens (tertiary/aromatic N) is 2. The molecule has 8 nitrogen and oxygen atoms in total. The molecule has 0 unspecified atom stereocenters. The summed E-state index contributed by atoms with van der Waals surface area (Å²) >= 11 is 6.49. The molecular formula is C13H10ClN3O5S2. The van der Waals surface area contributed by atoms with E-state index in [2.05, 4.69) is 10.3 Å². The lowest BCUT2D eigenvalue weighted by molar-refractivity contribution is -0.113. The number of aliphatic hydroxyl groups is 1. The second-order valence-electron chi connectivity index (χ2n) is 4.57. The summed E-state index contributed by atoms with van der Waals surface area (Å²) in [5.41, 5.74) is -0.990. The number of pyridine rings is 1. The van der Waals surface area contributed by atoms with Crippen molar-refractivity contribution in [2.45, 2.75) is 4.90 Å². The molecule has 3 N–H and O–H groups in total. The number of carbonyl (C=O) groups is 1. The zero-order valence-corrected chi connectivity index (χ0v) is 13.9. The van der Waals surface area contributed by atoms with Gasteiger partial charge >= 0.3 is 0 Å². The topological polar surface area (TPSA) is 120 Å². The van der Waals surface area contributed by atoms with E-state index in [1.807, 2.05) is 0 Å². The average Bonchev–Trinajstić information content (AvgIpc) is 2.95. The van der Waals surface area contributed by atoms with Crippen LogP contribution < -0.4 is 5.32 Å². The van der Waals surface area contributed by atoms with E-state index in [4.69, 9.17) is 15.7 Å². The van der Waals surface area contributed by atoms with Crippen molar-refractivity contribution in [3.05, 3.63) is 39.3 Å². The van der Waals surface area contributed by atoms with Crippen LogP contribution in [-0.4, -0.2) is 40.8 Å². The number of rotatable bonds is 2. The van der Waals surface area contributed by atoms with Gasteiger partial charge < -0.3 is 15.5 Å². The minimum absolute atomic E-state index is 0.0116. The number of likely N-dealkylation sites (N-methyl/N-ethyl adjacent to an activating group) is 1. The van der Waals surface area contributed by atoms with Gasteiger partial charge in [-0.1, -0.05) is 11.6 Å². The Bertz CT molecular complexity index is 1060. The van der Waals surface area contributed by atoms with Crippen LogP contribution in [0.2, 0.25) is 4.34 Å². The molecule has 2 aromatic heterocycles. The van der Waals surface area contributed by atoms with Crippen LogP contribution in [0.3, 0.4) is 0 Å². The van der Waals surface area contributed by atoms with Gasteiger partial charge in [0.25, 0.3) is 15.9 Å². The summed E-state index contributed by atoms with van der Waals surface area (Å²) in [5, 5.41) is 21.8. The molecule has 0 aliphatic carbocycles. The largest absolute Gasteiger partial charge is 0.506 e. The van der Waals surface area contributed by atoms with Crippen molar-refractivity contribution < 1.29 is 27.5 Å². The highest BCUT2D eigenvalue weighted by Crippen LogP contribution is 2.41. The predicted molar refractivity (Wildman–Crippen MR) is 88.4 cm³/mol. The fourth-order valence-electron chi connectivity index (χ4n) is 1.96. The lowest BCUT2D eigenvalue weighted by Crippen LogP contribution is -2.36. The molecule has 1 aliphatic rings. The van der Waals surface area contributed by atoms with E-state index in [-0.39, 0.29) is 25.1 Å². The predicted octanol–water partition coefficient (Wildman–Crippen LogP) is 2.00. The van der Waals surface area contributed by atoms with Gasteiger partial charge in [-0.2, -0.15) is 0 Å². The Kier molecular flexibility index (Phi) is 3.07. The first kappa shape index (κ1) is 13.0. The van der Waals surface area contributed by atoms with Crippen LogP contribution in [0.5, 0.6) is 5.75 Å². The number of fused-ring (bicyclic) bond motifs is 1. The lowest BCUT2D eigenvalue weighted by atomic mass is 10.2. The number of anilines is 1. The van der Waals surface area contributed by atoms with E-state index in [1.54, 1.807) is 0 Å². The van der Waals surface area contributed by atoms with Gasteiger partial charge in [0.1, 0.15) is 16.5 Å². The summed E-state index contributed by atoms with van der Waals surface area (Å²) in [6, 6.07) is 3.41. The van der Waals surface area contributed by atoms with Crippen molar-refractivity contribution in [3.63, 3.8) is 0 Å². The maximum Gasteiger partial charge on any atom is 0.278 e. The van der Waals surface area contributed by atoms with E-state index in [9.17, 15) is 23.4 Å². The van der Waals surface area contributed by atoms with E-state index in [0.717, 1.165) is 12.3 Å². The summed E-state index contributed by atoms with van der Waals surface area (Å²) < 4.78 is 48.0. The van der Waals surface area contributed by atoms with Crippen LogP contribution in [0, 0.1) is 0 Å². The minimum atomic E-state index is -4.69. The number of sulfonamides is 1. The van der Waals surface area contributed by atoms with Crippen LogP contribution >= 0.6 is 22.9 Å². The molecule has 3 rings (SSSR count). The Balaban J connectivity index is 2.17. The van der Waals surface area contributed by atoms with Crippen molar-refractivity contribution in [2.75, 3.05) is 12.3 Å². The van der Waals surface area contributed by atoms with Gasteiger partial charge in [0, 0.05) is 11.1 Å². The normalized spacial score (nSPS) is 18.4. The highest BCUT2D eigenvalue weighted by Gasteiger charge is 2.39. The quantitative estimate of drug-likeness (QED) is 0.721. The van der Waals surface area contributed by atoms with Crippen LogP contribution in [0.4, 0.5) is 5.82 Å². The first-order valence-corrected chi connectivity index (χ1v) is 8.81. The maximum absolute atomic E-state index is 12.8. The van der Waals surface area contributed by atoms with Crippen LogP contribution in [0.1, 0.15) is 8.99 Å². The molecule has 3 heterocycles. The third-order valence-electron chi connectivity index (χ3n) is 3.03. The van der Waals surface area contributed by atoms with Gasteiger partial charge in [0.15, 0.2) is 11.5 Å². The fraction of sp³-hybridized carbons (Fsp3) is 0.0769. The smallest absolute Gasteiger partial charge is 0.278 e. The molecule has 0 saturated carbocycles. The first-order valence-electron chi connectivity index (χ1n) is 7.67. The third-order valence-corrected chi connectivity index (χ3v) is 5.97. The Labute approximate surface area is 149 Å². The molecule has 24 heavy (non-hydrogen) atoms. The molecule has 1 aliphatic heterocycles. The molecule has 0 fully saturated rings. The highest BCUT2D eigenvalue weighted by molar-refractivity contribution is 7.89. The molecule has 0 spiro atoms. The number of thiophene rings is 1. The molecule has 11 heteroatoms. The van der Waals surface area contributed by atoms with Gasteiger partial charge in [-0.3, -0.25) is 9.10 Å². The number of hydrogen-bond donors (Lipinski definition) is 3. The summed E-state index contributed by atoms with van der Waals surface area (Å²) in [6.07, 6.45) is 1.01. The van der Waals surface area contributed by atoms with E-state index in [0.29, 0.717) is 11.3 Å². The van der Waals surface area contributed by atoms with E-state index in [1.165, 1.54) is 12.1 Å². The molecule has 0 aromatic carbocycles. The van der Waals surface area contributed by atoms with Crippen molar-refractivity contribution >= 4 is 50.4 Å². The van der Waals surface area contributed by atoms with Gasteiger partial charge in [-0.25, -0.2) is 13.4 Å². The summed E-state index contributed by atoms with van der Waals surface area (Å²) in [7, 11) is -4.69. The number of aromatic nitrogens is 1. The maximum atomic E-state index is 12.8. The lowest BCUT2D eigenvalue weighted by Gasteiger charge is -2.26. The van der Waals surface area contributed by atoms with Crippen molar-refractivity contribution in [1.29, 1.82) is 0 Å². The Morgan fingerprint density at radius 2 is 2.21 bits per heavy atom. The van der Waals surface area contributed by atoms with Gasteiger partial charge in [-0.15, -0.1) is 11.3 Å². The van der Waals surface area contributed by atoms with Crippen molar-refractivity contribution in [3.8, 4) is 5.75 Å². The summed E-state index contributed by atoms with van der Waals surface area (Å²) in [4.78, 5) is 15.6.